The van der Waals surface area contributed by atoms with E-state index < -0.39 is 0 Å². The Balaban J connectivity index is 1.72. The van der Waals surface area contributed by atoms with E-state index in [0.717, 1.165) is 18.1 Å². The van der Waals surface area contributed by atoms with Crippen LogP contribution in [0.2, 0.25) is 0 Å². The van der Waals surface area contributed by atoms with Crippen molar-refractivity contribution < 1.29 is 0 Å². The van der Waals surface area contributed by atoms with Crippen molar-refractivity contribution in [2.45, 2.75) is 25.8 Å². The summed E-state index contributed by atoms with van der Waals surface area (Å²) in [6.45, 7) is 3.23. The monoisotopic (exact) mass is 280 g/mol. The summed E-state index contributed by atoms with van der Waals surface area (Å²) >= 11 is 0. The Morgan fingerprint density at radius 3 is 3.00 bits per heavy atom. The second-order valence-electron chi connectivity index (χ2n) is 5.95. The number of hydrogen-bond donors (Lipinski definition) is 2. The summed E-state index contributed by atoms with van der Waals surface area (Å²) in [6.07, 6.45) is 4.35. The number of nitrogens with one attached hydrogen (secondary N) is 2. The molecule has 1 fully saturated rings. The number of rotatable bonds is 2. The fraction of sp³-hybridized carbons (Fsp3) is 0.353. The van der Waals surface area contributed by atoms with Gasteiger partial charge in [-0.3, -0.25) is 0 Å². The summed E-state index contributed by atoms with van der Waals surface area (Å²) in [6, 6.07) is 9.21. The van der Waals surface area contributed by atoms with E-state index in [2.05, 4.69) is 58.1 Å². The van der Waals surface area contributed by atoms with Gasteiger partial charge in [-0.2, -0.15) is 0 Å². The molecule has 1 atom stereocenters. The van der Waals surface area contributed by atoms with Crippen LogP contribution in [0.4, 0.5) is 0 Å². The van der Waals surface area contributed by atoms with Gasteiger partial charge in [-0.1, -0.05) is 6.07 Å². The first-order valence-corrected chi connectivity index (χ1v) is 7.57. The van der Waals surface area contributed by atoms with Gasteiger partial charge < -0.3 is 14.9 Å². The quantitative estimate of drug-likeness (QED) is 0.756. The maximum Gasteiger partial charge on any atom is 0.123 e. The Kier molecular flexibility index (Phi) is 2.86. The molecule has 2 aromatic heterocycles. The maximum absolute atomic E-state index is 4.55. The summed E-state index contributed by atoms with van der Waals surface area (Å²) in [5.74, 6) is 1.06. The van der Waals surface area contributed by atoms with E-state index in [1.807, 2.05) is 6.20 Å². The van der Waals surface area contributed by atoms with Crippen LogP contribution in [0.15, 0.2) is 30.5 Å². The number of hydrogen-bond acceptors (Lipinski definition) is 2. The fourth-order valence-corrected chi connectivity index (χ4v) is 3.23. The Hall–Kier alpha value is -2.07. The molecule has 4 rings (SSSR count). The van der Waals surface area contributed by atoms with Crippen LogP contribution in [0.5, 0.6) is 0 Å². The number of aromatic amines is 1. The number of imidazole rings is 1. The molecule has 3 aromatic rings. The lowest BCUT2D eigenvalue weighted by Crippen LogP contribution is -2.14. The third kappa shape index (κ3) is 2.07. The zero-order valence-electron chi connectivity index (χ0n) is 12.5. The molecule has 0 aliphatic carbocycles. The van der Waals surface area contributed by atoms with E-state index >= 15 is 0 Å². The van der Waals surface area contributed by atoms with E-state index in [1.54, 1.807) is 0 Å². The average molecular weight is 280 g/mol. The first-order chi connectivity index (χ1) is 10.2. The molecule has 1 aromatic carbocycles. The second kappa shape index (κ2) is 4.74. The average Bonchev–Trinajstić information content (AvgIpc) is 3.20. The maximum atomic E-state index is 4.55. The van der Waals surface area contributed by atoms with E-state index in [1.165, 1.54) is 35.0 Å². The molecule has 108 valence electrons. The number of aromatic nitrogens is 3. The minimum absolute atomic E-state index is 0.390. The SMILES string of the molecule is Cc1cc2cc(-c3cnc(C4CCCN4)[nH]3)ccc2n1C. The molecular weight excluding hydrogens is 260 g/mol. The highest BCUT2D eigenvalue weighted by atomic mass is 15.0. The summed E-state index contributed by atoms with van der Waals surface area (Å²) in [5.41, 5.74) is 4.85. The zero-order valence-corrected chi connectivity index (χ0v) is 12.5. The third-order valence-electron chi connectivity index (χ3n) is 4.58. The lowest BCUT2D eigenvalue weighted by atomic mass is 10.1. The van der Waals surface area contributed by atoms with Crippen molar-refractivity contribution in [1.82, 2.24) is 19.9 Å². The number of H-pyrrole nitrogens is 1. The van der Waals surface area contributed by atoms with Gasteiger partial charge in [0, 0.05) is 29.2 Å². The molecule has 4 heteroatoms. The van der Waals surface area contributed by atoms with Gasteiger partial charge in [-0.05, 0) is 44.5 Å². The highest BCUT2D eigenvalue weighted by molar-refractivity contribution is 5.85. The third-order valence-corrected chi connectivity index (χ3v) is 4.58. The Labute approximate surface area is 124 Å². The predicted molar refractivity (Wildman–Crippen MR) is 85.2 cm³/mol. The van der Waals surface area contributed by atoms with Crippen molar-refractivity contribution >= 4 is 10.9 Å². The Morgan fingerprint density at radius 1 is 1.29 bits per heavy atom. The van der Waals surface area contributed by atoms with Crippen molar-refractivity contribution in [1.29, 1.82) is 0 Å². The normalized spacial score (nSPS) is 18.7. The lowest BCUT2D eigenvalue weighted by molar-refractivity contribution is 0.613. The predicted octanol–water partition coefficient (Wildman–Crippen LogP) is 3.30. The van der Waals surface area contributed by atoms with Crippen molar-refractivity contribution in [2.75, 3.05) is 6.54 Å². The van der Waals surface area contributed by atoms with Crippen LogP contribution >= 0.6 is 0 Å². The fourth-order valence-electron chi connectivity index (χ4n) is 3.23. The van der Waals surface area contributed by atoms with Crippen LogP contribution in [0.1, 0.15) is 30.4 Å². The standard InChI is InChI=1S/C17H20N4/c1-11-8-13-9-12(5-6-16(13)21(11)2)15-10-19-17(20-15)14-4-3-7-18-14/h5-6,8-10,14,18H,3-4,7H2,1-2H3,(H,19,20). The highest BCUT2D eigenvalue weighted by Gasteiger charge is 2.19. The van der Waals surface area contributed by atoms with Gasteiger partial charge in [0.25, 0.3) is 0 Å². The largest absolute Gasteiger partial charge is 0.348 e. The van der Waals surface area contributed by atoms with Gasteiger partial charge >= 0.3 is 0 Å². The minimum Gasteiger partial charge on any atom is -0.348 e. The lowest BCUT2D eigenvalue weighted by Gasteiger charge is -2.05. The highest BCUT2D eigenvalue weighted by Crippen LogP contribution is 2.27. The van der Waals surface area contributed by atoms with Gasteiger partial charge in [0.2, 0.25) is 0 Å². The Bertz CT molecular complexity index is 790. The molecule has 0 bridgehead atoms. The molecule has 1 aliphatic rings. The second-order valence-corrected chi connectivity index (χ2v) is 5.95. The molecule has 1 aliphatic heterocycles. The van der Waals surface area contributed by atoms with Crippen LogP contribution in [-0.4, -0.2) is 21.1 Å². The van der Waals surface area contributed by atoms with Crippen LogP contribution in [-0.2, 0) is 7.05 Å². The smallest absolute Gasteiger partial charge is 0.123 e. The molecule has 0 saturated carbocycles. The Morgan fingerprint density at radius 2 is 2.19 bits per heavy atom. The van der Waals surface area contributed by atoms with E-state index in [0.29, 0.717) is 6.04 Å². The number of nitrogens with zero attached hydrogens (tertiary/aromatic N) is 2. The molecule has 1 unspecified atom stereocenters. The van der Waals surface area contributed by atoms with E-state index in [-0.39, 0.29) is 0 Å². The van der Waals surface area contributed by atoms with Gasteiger partial charge in [0.05, 0.1) is 17.9 Å². The van der Waals surface area contributed by atoms with Crippen molar-refractivity contribution in [2.24, 2.45) is 7.05 Å². The molecular formula is C17H20N4. The summed E-state index contributed by atoms with van der Waals surface area (Å²) < 4.78 is 2.22. The zero-order chi connectivity index (χ0) is 14.4. The van der Waals surface area contributed by atoms with Crippen LogP contribution < -0.4 is 5.32 Å². The molecule has 1 saturated heterocycles. The van der Waals surface area contributed by atoms with Gasteiger partial charge in [-0.15, -0.1) is 0 Å². The van der Waals surface area contributed by atoms with E-state index in [4.69, 9.17) is 0 Å². The summed E-state index contributed by atoms with van der Waals surface area (Å²) in [7, 11) is 2.11. The number of benzene rings is 1. The topological polar surface area (TPSA) is 45.6 Å². The van der Waals surface area contributed by atoms with E-state index in [9.17, 15) is 0 Å². The van der Waals surface area contributed by atoms with Crippen molar-refractivity contribution in [3.8, 4) is 11.3 Å². The molecule has 0 amide bonds. The van der Waals surface area contributed by atoms with Crippen LogP contribution in [0.25, 0.3) is 22.2 Å². The van der Waals surface area contributed by atoms with Gasteiger partial charge in [0.1, 0.15) is 5.82 Å². The summed E-state index contributed by atoms with van der Waals surface area (Å²) in [4.78, 5) is 8.03. The number of fused-ring (bicyclic) bond motifs is 1. The molecule has 0 radical (unpaired) electrons. The molecule has 4 nitrogen and oxygen atoms in total. The molecule has 0 spiro atoms. The minimum atomic E-state index is 0.390. The van der Waals surface area contributed by atoms with Gasteiger partial charge in [0.15, 0.2) is 0 Å². The van der Waals surface area contributed by atoms with Crippen LogP contribution in [0, 0.1) is 6.92 Å². The molecule has 3 heterocycles. The summed E-state index contributed by atoms with van der Waals surface area (Å²) in [5, 5.41) is 4.76. The van der Waals surface area contributed by atoms with Crippen molar-refractivity contribution in [3.05, 3.63) is 42.0 Å². The molecule has 2 N–H and O–H groups in total. The van der Waals surface area contributed by atoms with Gasteiger partial charge in [-0.25, -0.2) is 4.98 Å². The first-order valence-electron chi connectivity index (χ1n) is 7.57. The van der Waals surface area contributed by atoms with Crippen molar-refractivity contribution in [3.63, 3.8) is 0 Å². The first kappa shape index (κ1) is 12.7. The molecule has 21 heavy (non-hydrogen) atoms. The van der Waals surface area contributed by atoms with Crippen LogP contribution in [0.3, 0.4) is 0 Å². The number of aryl methyl sites for hydroxylation is 2.